The van der Waals surface area contributed by atoms with Crippen LogP contribution in [0.1, 0.15) is 27.2 Å². The van der Waals surface area contributed by atoms with Gasteiger partial charge >= 0.3 is 0 Å². The van der Waals surface area contributed by atoms with Crippen LogP contribution >= 0.6 is 0 Å². The molecule has 3 nitrogen and oxygen atoms in total. The summed E-state index contributed by atoms with van der Waals surface area (Å²) >= 11 is 0. The molecule has 0 saturated carbocycles. The summed E-state index contributed by atoms with van der Waals surface area (Å²) in [6.45, 7) is 7.31. The standard InChI is InChI=1S/C9H18N2O/c1-6(2)4-7(3)8-5-12-9(10)11-8/h6-8H,4-5H2,1-3H3,(H2,10,11). The van der Waals surface area contributed by atoms with Crippen LogP contribution < -0.4 is 5.73 Å². The second-order valence-electron chi connectivity index (χ2n) is 3.95. The van der Waals surface area contributed by atoms with Crippen molar-refractivity contribution in [1.82, 2.24) is 0 Å². The largest absolute Gasteiger partial charge is 0.463 e. The van der Waals surface area contributed by atoms with Crippen LogP contribution in [-0.4, -0.2) is 18.7 Å². The topological polar surface area (TPSA) is 47.6 Å². The number of ether oxygens (including phenoxy) is 1. The van der Waals surface area contributed by atoms with E-state index in [0.717, 1.165) is 5.92 Å². The van der Waals surface area contributed by atoms with Crippen LogP contribution in [0.2, 0.25) is 0 Å². The maximum Gasteiger partial charge on any atom is 0.282 e. The zero-order valence-electron chi connectivity index (χ0n) is 8.08. The Labute approximate surface area is 74.0 Å². The maximum absolute atomic E-state index is 5.42. The van der Waals surface area contributed by atoms with E-state index in [2.05, 4.69) is 25.8 Å². The highest BCUT2D eigenvalue weighted by molar-refractivity contribution is 5.73. The molecule has 0 bridgehead atoms. The SMILES string of the molecule is CC(C)CC(C)C1COC(N)=N1. The molecule has 1 aliphatic heterocycles. The van der Waals surface area contributed by atoms with Gasteiger partial charge in [0.2, 0.25) is 0 Å². The van der Waals surface area contributed by atoms with Crippen LogP contribution in [0.25, 0.3) is 0 Å². The summed E-state index contributed by atoms with van der Waals surface area (Å²) < 4.78 is 5.10. The molecule has 2 unspecified atom stereocenters. The second kappa shape index (κ2) is 3.78. The fourth-order valence-electron chi connectivity index (χ4n) is 1.60. The van der Waals surface area contributed by atoms with E-state index in [1.807, 2.05) is 0 Å². The van der Waals surface area contributed by atoms with Gasteiger partial charge in [-0.3, -0.25) is 0 Å². The molecule has 70 valence electrons. The molecule has 12 heavy (non-hydrogen) atoms. The Balaban J connectivity index is 2.38. The molecule has 0 aliphatic carbocycles. The molecule has 0 aromatic carbocycles. The van der Waals surface area contributed by atoms with Crippen molar-refractivity contribution in [2.75, 3.05) is 6.61 Å². The number of hydrogen-bond acceptors (Lipinski definition) is 3. The fraction of sp³-hybridized carbons (Fsp3) is 0.889. The highest BCUT2D eigenvalue weighted by atomic mass is 16.5. The van der Waals surface area contributed by atoms with Crippen molar-refractivity contribution in [1.29, 1.82) is 0 Å². The molecule has 0 fully saturated rings. The summed E-state index contributed by atoms with van der Waals surface area (Å²) in [7, 11) is 0. The minimum Gasteiger partial charge on any atom is -0.463 e. The average Bonchev–Trinajstić information content (AvgIpc) is 2.34. The van der Waals surface area contributed by atoms with E-state index in [0.29, 0.717) is 18.5 Å². The first-order valence-corrected chi connectivity index (χ1v) is 4.55. The predicted octanol–water partition coefficient (Wildman–Crippen LogP) is 1.38. The highest BCUT2D eigenvalue weighted by Crippen LogP contribution is 2.20. The summed E-state index contributed by atoms with van der Waals surface area (Å²) in [4.78, 5) is 4.21. The lowest BCUT2D eigenvalue weighted by molar-refractivity contribution is 0.266. The van der Waals surface area contributed by atoms with Crippen molar-refractivity contribution in [3.63, 3.8) is 0 Å². The van der Waals surface area contributed by atoms with Crippen LogP contribution in [0.5, 0.6) is 0 Å². The second-order valence-corrected chi connectivity index (χ2v) is 3.95. The molecular weight excluding hydrogens is 152 g/mol. The number of nitrogens with zero attached hydrogens (tertiary/aromatic N) is 1. The number of rotatable bonds is 3. The monoisotopic (exact) mass is 170 g/mol. The zero-order valence-corrected chi connectivity index (χ0v) is 8.08. The number of aliphatic imine (C=N–C) groups is 1. The highest BCUT2D eigenvalue weighted by Gasteiger charge is 2.23. The minimum absolute atomic E-state index is 0.285. The number of amidine groups is 1. The van der Waals surface area contributed by atoms with Gasteiger partial charge in [-0.05, 0) is 18.3 Å². The van der Waals surface area contributed by atoms with E-state index in [1.54, 1.807) is 0 Å². The smallest absolute Gasteiger partial charge is 0.282 e. The van der Waals surface area contributed by atoms with Gasteiger partial charge in [-0.2, -0.15) is 0 Å². The summed E-state index contributed by atoms with van der Waals surface area (Å²) in [5.41, 5.74) is 5.42. The van der Waals surface area contributed by atoms with Crippen LogP contribution in [0.4, 0.5) is 0 Å². The van der Waals surface area contributed by atoms with Gasteiger partial charge in [-0.25, -0.2) is 4.99 Å². The molecule has 0 aromatic heterocycles. The molecule has 3 heteroatoms. The van der Waals surface area contributed by atoms with Gasteiger partial charge in [-0.1, -0.05) is 20.8 Å². The Kier molecular flexibility index (Phi) is 2.95. The third-order valence-electron chi connectivity index (χ3n) is 2.20. The van der Waals surface area contributed by atoms with Crippen molar-refractivity contribution in [2.45, 2.75) is 33.2 Å². The molecule has 0 spiro atoms. The van der Waals surface area contributed by atoms with Gasteiger partial charge in [0.1, 0.15) is 6.61 Å². The van der Waals surface area contributed by atoms with Crippen LogP contribution in [0, 0.1) is 11.8 Å². The normalized spacial score (nSPS) is 25.3. The molecule has 0 amide bonds. The fourth-order valence-corrected chi connectivity index (χ4v) is 1.60. The van der Waals surface area contributed by atoms with E-state index in [1.165, 1.54) is 6.42 Å². The van der Waals surface area contributed by atoms with E-state index in [9.17, 15) is 0 Å². The van der Waals surface area contributed by atoms with E-state index < -0.39 is 0 Å². The maximum atomic E-state index is 5.42. The van der Waals surface area contributed by atoms with Crippen molar-refractivity contribution < 1.29 is 4.74 Å². The third-order valence-corrected chi connectivity index (χ3v) is 2.20. The lowest BCUT2D eigenvalue weighted by Crippen LogP contribution is -2.18. The van der Waals surface area contributed by atoms with Gasteiger partial charge in [0.05, 0.1) is 6.04 Å². The number of nitrogens with two attached hydrogens (primary N) is 1. The molecule has 0 saturated heterocycles. The Morgan fingerprint density at radius 3 is 2.67 bits per heavy atom. The lowest BCUT2D eigenvalue weighted by atomic mass is 9.93. The van der Waals surface area contributed by atoms with E-state index in [-0.39, 0.29) is 6.04 Å². The third kappa shape index (κ3) is 2.40. The summed E-state index contributed by atoms with van der Waals surface area (Å²) in [5, 5.41) is 0. The molecule has 2 N–H and O–H groups in total. The van der Waals surface area contributed by atoms with Gasteiger partial charge < -0.3 is 10.5 Å². The van der Waals surface area contributed by atoms with Crippen molar-refractivity contribution in [2.24, 2.45) is 22.6 Å². The van der Waals surface area contributed by atoms with Crippen LogP contribution in [-0.2, 0) is 4.74 Å². The molecular formula is C9H18N2O. The first-order chi connectivity index (χ1) is 5.59. The quantitative estimate of drug-likeness (QED) is 0.695. The van der Waals surface area contributed by atoms with E-state index in [4.69, 9.17) is 10.5 Å². The first kappa shape index (κ1) is 9.36. The summed E-state index contributed by atoms with van der Waals surface area (Å²) in [6.07, 6.45) is 1.19. The van der Waals surface area contributed by atoms with Crippen molar-refractivity contribution in [3.8, 4) is 0 Å². The number of hydrogen-bond donors (Lipinski definition) is 1. The molecule has 1 aliphatic rings. The van der Waals surface area contributed by atoms with Gasteiger partial charge in [0.25, 0.3) is 6.02 Å². The lowest BCUT2D eigenvalue weighted by Gasteiger charge is -2.16. The predicted molar refractivity (Wildman–Crippen MR) is 50.0 cm³/mol. The van der Waals surface area contributed by atoms with Crippen LogP contribution in [0.15, 0.2) is 4.99 Å². The zero-order chi connectivity index (χ0) is 9.14. The Hall–Kier alpha value is -0.730. The van der Waals surface area contributed by atoms with E-state index >= 15 is 0 Å². The summed E-state index contributed by atoms with van der Waals surface area (Å²) in [6, 6.07) is 0.642. The first-order valence-electron chi connectivity index (χ1n) is 4.55. The van der Waals surface area contributed by atoms with Crippen molar-refractivity contribution in [3.05, 3.63) is 0 Å². The average molecular weight is 170 g/mol. The van der Waals surface area contributed by atoms with Gasteiger partial charge in [-0.15, -0.1) is 0 Å². The minimum atomic E-state index is 0.285. The summed E-state index contributed by atoms with van der Waals surface area (Å²) in [5.74, 6) is 1.29. The molecule has 2 atom stereocenters. The Bertz CT molecular complexity index is 177. The molecule has 0 aromatic rings. The Morgan fingerprint density at radius 2 is 2.25 bits per heavy atom. The molecule has 1 rings (SSSR count). The van der Waals surface area contributed by atoms with Gasteiger partial charge in [0.15, 0.2) is 0 Å². The molecule has 0 radical (unpaired) electrons. The van der Waals surface area contributed by atoms with Crippen LogP contribution in [0.3, 0.4) is 0 Å². The van der Waals surface area contributed by atoms with Gasteiger partial charge in [0, 0.05) is 0 Å². The Morgan fingerprint density at radius 1 is 1.58 bits per heavy atom. The molecule has 1 heterocycles. The van der Waals surface area contributed by atoms with Crippen molar-refractivity contribution >= 4 is 6.02 Å².